The van der Waals surface area contributed by atoms with Gasteiger partial charge in [-0.05, 0) is 27.0 Å². The third-order valence-electron chi connectivity index (χ3n) is 2.85. The number of nitrogens with one attached hydrogen (secondary N) is 1. The fraction of sp³-hybridized carbons (Fsp3) is 0.538. The molecule has 1 N–H and O–H groups in total. The van der Waals surface area contributed by atoms with E-state index in [9.17, 15) is 8.78 Å². The van der Waals surface area contributed by atoms with Crippen LogP contribution in [0.5, 0.6) is 0 Å². The SMILES string of the molecule is CC(C)N(C)CCNCc1ccc(F)cc1F. The van der Waals surface area contributed by atoms with Gasteiger partial charge in [-0.15, -0.1) is 0 Å². The van der Waals surface area contributed by atoms with E-state index in [0.29, 0.717) is 18.2 Å². The van der Waals surface area contributed by atoms with Crippen LogP contribution < -0.4 is 5.32 Å². The minimum Gasteiger partial charge on any atom is -0.311 e. The molecule has 4 heteroatoms. The Labute approximate surface area is 102 Å². The fourth-order valence-electron chi connectivity index (χ4n) is 1.40. The maximum Gasteiger partial charge on any atom is 0.130 e. The molecule has 17 heavy (non-hydrogen) atoms. The summed E-state index contributed by atoms with van der Waals surface area (Å²) in [4.78, 5) is 2.20. The quantitative estimate of drug-likeness (QED) is 0.771. The van der Waals surface area contributed by atoms with Gasteiger partial charge in [0.1, 0.15) is 11.6 Å². The number of rotatable bonds is 6. The summed E-state index contributed by atoms with van der Waals surface area (Å²) in [6.45, 7) is 6.36. The lowest BCUT2D eigenvalue weighted by Crippen LogP contribution is -2.33. The Bertz CT molecular complexity index is 353. The predicted molar refractivity (Wildman–Crippen MR) is 65.8 cm³/mol. The topological polar surface area (TPSA) is 15.3 Å². The summed E-state index contributed by atoms with van der Waals surface area (Å²) in [5.41, 5.74) is 0.499. The molecule has 0 spiro atoms. The van der Waals surface area contributed by atoms with Gasteiger partial charge in [-0.3, -0.25) is 0 Å². The molecule has 0 aliphatic carbocycles. The van der Waals surface area contributed by atoms with E-state index in [-0.39, 0.29) is 0 Å². The second-order valence-electron chi connectivity index (χ2n) is 4.49. The van der Waals surface area contributed by atoms with Crippen molar-refractivity contribution >= 4 is 0 Å². The fourth-order valence-corrected chi connectivity index (χ4v) is 1.40. The minimum atomic E-state index is -0.536. The van der Waals surface area contributed by atoms with Crippen LogP contribution >= 0.6 is 0 Å². The van der Waals surface area contributed by atoms with Crippen molar-refractivity contribution < 1.29 is 8.78 Å². The van der Waals surface area contributed by atoms with Crippen molar-refractivity contribution in [1.29, 1.82) is 0 Å². The molecule has 0 aliphatic rings. The summed E-state index contributed by atoms with van der Waals surface area (Å²) in [5, 5.41) is 3.14. The lowest BCUT2D eigenvalue weighted by molar-refractivity contribution is 0.273. The Morgan fingerprint density at radius 2 is 2.00 bits per heavy atom. The van der Waals surface area contributed by atoms with Crippen molar-refractivity contribution in [3.8, 4) is 0 Å². The summed E-state index contributed by atoms with van der Waals surface area (Å²) in [7, 11) is 2.05. The van der Waals surface area contributed by atoms with Crippen LogP contribution in [-0.4, -0.2) is 31.1 Å². The molecule has 0 aliphatic heterocycles. The van der Waals surface area contributed by atoms with Crippen LogP contribution in [0, 0.1) is 11.6 Å². The standard InChI is InChI=1S/C13H20F2N2/c1-10(2)17(3)7-6-16-9-11-4-5-12(14)8-13(11)15/h4-5,8,10,16H,6-7,9H2,1-3H3. The first-order chi connectivity index (χ1) is 8.00. The number of benzene rings is 1. The molecule has 0 fully saturated rings. The molecule has 0 amide bonds. The van der Waals surface area contributed by atoms with Crippen molar-refractivity contribution in [1.82, 2.24) is 10.2 Å². The van der Waals surface area contributed by atoms with Crippen molar-refractivity contribution in [2.45, 2.75) is 26.4 Å². The largest absolute Gasteiger partial charge is 0.311 e. The molecule has 0 saturated heterocycles. The van der Waals surface area contributed by atoms with Crippen molar-refractivity contribution in [2.75, 3.05) is 20.1 Å². The van der Waals surface area contributed by atoms with E-state index in [1.165, 1.54) is 12.1 Å². The Morgan fingerprint density at radius 3 is 2.59 bits per heavy atom. The van der Waals surface area contributed by atoms with E-state index in [4.69, 9.17) is 0 Å². The summed E-state index contributed by atoms with van der Waals surface area (Å²) < 4.78 is 25.9. The number of hydrogen-bond donors (Lipinski definition) is 1. The van der Waals surface area contributed by atoms with Gasteiger partial charge >= 0.3 is 0 Å². The maximum absolute atomic E-state index is 13.3. The average molecular weight is 242 g/mol. The summed E-state index contributed by atoms with van der Waals surface area (Å²) >= 11 is 0. The number of likely N-dealkylation sites (N-methyl/N-ethyl adjacent to an activating group) is 1. The van der Waals surface area contributed by atoms with Crippen LogP contribution in [0.3, 0.4) is 0 Å². The zero-order chi connectivity index (χ0) is 12.8. The van der Waals surface area contributed by atoms with E-state index in [1.807, 2.05) is 7.05 Å². The van der Waals surface area contributed by atoms with Gasteiger partial charge in [0.15, 0.2) is 0 Å². The molecule has 0 heterocycles. The van der Waals surface area contributed by atoms with E-state index in [1.54, 1.807) is 0 Å². The first-order valence-electron chi connectivity index (χ1n) is 5.85. The number of hydrogen-bond acceptors (Lipinski definition) is 2. The zero-order valence-corrected chi connectivity index (χ0v) is 10.6. The van der Waals surface area contributed by atoms with Crippen LogP contribution in [0.15, 0.2) is 18.2 Å². The van der Waals surface area contributed by atoms with Crippen molar-refractivity contribution in [3.63, 3.8) is 0 Å². The highest BCUT2D eigenvalue weighted by Crippen LogP contribution is 2.08. The van der Waals surface area contributed by atoms with E-state index in [0.717, 1.165) is 19.2 Å². The maximum atomic E-state index is 13.3. The predicted octanol–water partition coefficient (Wildman–Crippen LogP) is 2.39. The first-order valence-corrected chi connectivity index (χ1v) is 5.85. The lowest BCUT2D eigenvalue weighted by atomic mass is 10.2. The molecular formula is C13H20F2N2. The van der Waals surface area contributed by atoms with Crippen LogP contribution in [-0.2, 0) is 6.54 Å². The molecule has 2 nitrogen and oxygen atoms in total. The molecule has 0 radical (unpaired) electrons. The highest BCUT2D eigenvalue weighted by atomic mass is 19.1. The average Bonchev–Trinajstić information content (AvgIpc) is 2.26. The molecule has 0 atom stereocenters. The Morgan fingerprint density at radius 1 is 1.29 bits per heavy atom. The van der Waals surface area contributed by atoms with Crippen LogP contribution in [0.1, 0.15) is 19.4 Å². The Balaban J connectivity index is 2.31. The lowest BCUT2D eigenvalue weighted by Gasteiger charge is -2.20. The summed E-state index contributed by atoms with van der Waals surface area (Å²) in [6.07, 6.45) is 0. The Hall–Kier alpha value is -1.00. The third kappa shape index (κ3) is 4.79. The molecule has 0 saturated carbocycles. The first kappa shape index (κ1) is 14.1. The minimum absolute atomic E-state index is 0.429. The number of halogens is 2. The van der Waals surface area contributed by atoms with Crippen LogP contribution in [0.4, 0.5) is 8.78 Å². The van der Waals surface area contributed by atoms with Gasteiger partial charge in [0.05, 0.1) is 0 Å². The molecule has 1 rings (SSSR count). The monoisotopic (exact) mass is 242 g/mol. The van der Waals surface area contributed by atoms with Gasteiger partial charge in [-0.2, -0.15) is 0 Å². The molecule has 1 aromatic carbocycles. The normalized spacial score (nSPS) is 11.5. The van der Waals surface area contributed by atoms with Crippen LogP contribution in [0.2, 0.25) is 0 Å². The Kier molecular flexibility index (Phi) is 5.51. The molecular weight excluding hydrogens is 222 g/mol. The molecule has 96 valence electrons. The van der Waals surface area contributed by atoms with Gasteiger partial charge in [0, 0.05) is 37.3 Å². The van der Waals surface area contributed by atoms with Gasteiger partial charge in [0.2, 0.25) is 0 Å². The van der Waals surface area contributed by atoms with Gasteiger partial charge in [-0.1, -0.05) is 6.07 Å². The third-order valence-corrected chi connectivity index (χ3v) is 2.85. The summed E-state index contributed by atoms with van der Waals surface area (Å²) in [6, 6.07) is 4.17. The van der Waals surface area contributed by atoms with E-state index < -0.39 is 11.6 Å². The van der Waals surface area contributed by atoms with Crippen LogP contribution in [0.25, 0.3) is 0 Å². The smallest absolute Gasteiger partial charge is 0.130 e. The van der Waals surface area contributed by atoms with Crippen molar-refractivity contribution in [3.05, 3.63) is 35.4 Å². The van der Waals surface area contributed by atoms with Gasteiger partial charge in [0.25, 0.3) is 0 Å². The molecule has 0 aromatic heterocycles. The highest BCUT2D eigenvalue weighted by Gasteiger charge is 2.04. The number of nitrogens with zero attached hydrogens (tertiary/aromatic N) is 1. The zero-order valence-electron chi connectivity index (χ0n) is 10.6. The second-order valence-corrected chi connectivity index (χ2v) is 4.49. The summed E-state index contributed by atoms with van der Waals surface area (Å²) in [5.74, 6) is -1.03. The highest BCUT2D eigenvalue weighted by molar-refractivity contribution is 5.18. The van der Waals surface area contributed by atoms with Gasteiger partial charge in [-0.25, -0.2) is 8.78 Å². The second kappa shape index (κ2) is 6.67. The molecule has 1 aromatic rings. The molecule has 0 unspecified atom stereocenters. The molecule has 0 bridgehead atoms. The van der Waals surface area contributed by atoms with E-state index >= 15 is 0 Å². The van der Waals surface area contributed by atoms with E-state index in [2.05, 4.69) is 24.1 Å². The van der Waals surface area contributed by atoms with Crippen molar-refractivity contribution in [2.24, 2.45) is 0 Å². The van der Waals surface area contributed by atoms with Gasteiger partial charge < -0.3 is 10.2 Å².